The lowest BCUT2D eigenvalue weighted by molar-refractivity contribution is 0.778. The molecule has 0 aliphatic carbocycles. The fourth-order valence-electron chi connectivity index (χ4n) is 0.841. The highest BCUT2D eigenvalue weighted by Gasteiger charge is 2.01. The van der Waals surface area contributed by atoms with Crippen LogP contribution in [-0.4, -0.2) is 16.3 Å². The van der Waals surface area contributed by atoms with Gasteiger partial charge in [-0.2, -0.15) is 5.10 Å². The second-order valence-corrected chi connectivity index (χ2v) is 2.22. The van der Waals surface area contributed by atoms with Gasteiger partial charge >= 0.3 is 0 Å². The van der Waals surface area contributed by atoms with Crippen LogP contribution in [0, 0.1) is 0 Å². The molecule has 0 aliphatic heterocycles. The van der Waals surface area contributed by atoms with Crippen LogP contribution in [0.1, 0.15) is 5.56 Å². The Morgan fingerprint density at radius 2 is 2.08 bits per heavy atom. The van der Waals surface area contributed by atoms with Crippen LogP contribution in [0.2, 0.25) is 0 Å². The Labute approximate surface area is 84.1 Å². The number of hydrogen-bond donors (Lipinski definition) is 2. The van der Waals surface area contributed by atoms with Crippen LogP contribution in [-0.2, 0) is 13.5 Å². The van der Waals surface area contributed by atoms with Crippen LogP contribution < -0.4 is 11.5 Å². The Morgan fingerprint density at radius 3 is 2.42 bits per heavy atom. The molecule has 0 aliphatic rings. The largest absolute Gasteiger partial charge is 0.384 e. The average Bonchev–Trinajstić information content (AvgIpc) is 2.20. The summed E-state index contributed by atoms with van der Waals surface area (Å²) in [5.41, 5.74) is 12.0. The molecule has 0 amide bonds. The summed E-state index contributed by atoms with van der Waals surface area (Å²) >= 11 is 0. The zero-order valence-electron chi connectivity index (χ0n) is 6.86. The molecule has 1 aromatic rings. The molecule has 72 valence electrons. The Bertz CT molecular complexity index is 223. The van der Waals surface area contributed by atoms with Crippen molar-refractivity contribution in [2.75, 3.05) is 12.3 Å². The van der Waals surface area contributed by atoms with E-state index in [1.54, 1.807) is 10.9 Å². The van der Waals surface area contributed by atoms with E-state index in [-0.39, 0.29) is 24.8 Å². The minimum atomic E-state index is 0. The number of anilines is 1. The molecule has 0 spiro atoms. The molecule has 0 fully saturated rings. The van der Waals surface area contributed by atoms with E-state index in [2.05, 4.69) is 5.10 Å². The zero-order valence-corrected chi connectivity index (χ0v) is 8.49. The summed E-state index contributed by atoms with van der Waals surface area (Å²) < 4.78 is 1.64. The Morgan fingerprint density at radius 1 is 1.50 bits per heavy atom. The molecule has 0 unspecified atom stereocenters. The van der Waals surface area contributed by atoms with Gasteiger partial charge in [0.2, 0.25) is 0 Å². The van der Waals surface area contributed by atoms with Crippen molar-refractivity contribution in [2.45, 2.75) is 6.42 Å². The van der Waals surface area contributed by atoms with Gasteiger partial charge in [0.25, 0.3) is 0 Å². The summed E-state index contributed by atoms with van der Waals surface area (Å²) in [6.07, 6.45) is 2.56. The third-order valence-corrected chi connectivity index (χ3v) is 1.48. The molecular formula is C6H14Cl2N4. The van der Waals surface area contributed by atoms with E-state index < -0.39 is 0 Å². The number of aromatic nitrogens is 2. The van der Waals surface area contributed by atoms with Crippen LogP contribution in [0.25, 0.3) is 0 Å². The van der Waals surface area contributed by atoms with E-state index in [9.17, 15) is 0 Å². The van der Waals surface area contributed by atoms with Crippen molar-refractivity contribution in [3.63, 3.8) is 0 Å². The number of rotatable bonds is 2. The molecule has 1 rings (SSSR count). The monoisotopic (exact) mass is 212 g/mol. The molecule has 0 atom stereocenters. The fraction of sp³-hybridized carbons (Fsp3) is 0.500. The van der Waals surface area contributed by atoms with E-state index in [1.807, 2.05) is 7.05 Å². The molecular weight excluding hydrogens is 199 g/mol. The van der Waals surface area contributed by atoms with Gasteiger partial charge in [-0.3, -0.25) is 4.68 Å². The topological polar surface area (TPSA) is 69.9 Å². The average molecular weight is 213 g/mol. The molecule has 0 aromatic carbocycles. The normalized spacial score (nSPS) is 8.50. The molecule has 4 nitrogen and oxygen atoms in total. The lowest BCUT2D eigenvalue weighted by Crippen LogP contribution is -2.05. The van der Waals surface area contributed by atoms with Gasteiger partial charge in [0, 0.05) is 12.6 Å². The third-order valence-electron chi connectivity index (χ3n) is 1.48. The predicted molar refractivity (Wildman–Crippen MR) is 54.9 cm³/mol. The van der Waals surface area contributed by atoms with Crippen molar-refractivity contribution in [3.05, 3.63) is 11.8 Å². The van der Waals surface area contributed by atoms with Crippen LogP contribution in [0.3, 0.4) is 0 Å². The van der Waals surface area contributed by atoms with E-state index >= 15 is 0 Å². The van der Waals surface area contributed by atoms with E-state index in [1.165, 1.54) is 0 Å². The Hall–Kier alpha value is -0.450. The van der Waals surface area contributed by atoms with E-state index in [0.717, 1.165) is 12.0 Å². The molecule has 12 heavy (non-hydrogen) atoms. The second-order valence-electron chi connectivity index (χ2n) is 2.22. The first-order chi connectivity index (χ1) is 4.75. The van der Waals surface area contributed by atoms with Gasteiger partial charge in [0.1, 0.15) is 5.82 Å². The number of nitrogens with zero attached hydrogens (tertiary/aromatic N) is 2. The molecule has 0 bridgehead atoms. The van der Waals surface area contributed by atoms with E-state index in [4.69, 9.17) is 11.5 Å². The highest BCUT2D eigenvalue weighted by molar-refractivity contribution is 5.85. The molecule has 4 N–H and O–H groups in total. The van der Waals surface area contributed by atoms with E-state index in [0.29, 0.717) is 12.4 Å². The highest BCUT2D eigenvalue weighted by atomic mass is 35.5. The van der Waals surface area contributed by atoms with Crippen molar-refractivity contribution in [3.8, 4) is 0 Å². The van der Waals surface area contributed by atoms with Gasteiger partial charge in [-0.05, 0) is 13.0 Å². The molecule has 6 heteroatoms. The van der Waals surface area contributed by atoms with Crippen molar-refractivity contribution in [2.24, 2.45) is 12.8 Å². The van der Waals surface area contributed by atoms with Gasteiger partial charge in [-0.15, -0.1) is 24.8 Å². The lowest BCUT2D eigenvalue weighted by Gasteiger charge is -1.96. The second kappa shape index (κ2) is 6.11. The van der Waals surface area contributed by atoms with Gasteiger partial charge in [0.15, 0.2) is 0 Å². The van der Waals surface area contributed by atoms with Gasteiger partial charge in [0.05, 0.1) is 6.20 Å². The standard InChI is InChI=1S/C6H12N4.2ClH/c1-10-6(8)5(2-3-7)4-9-10;;/h4H,2-3,7-8H2,1H3;2*1H. The number of halogens is 2. The van der Waals surface area contributed by atoms with Crippen molar-refractivity contribution >= 4 is 30.6 Å². The van der Waals surface area contributed by atoms with Crippen LogP contribution in [0.4, 0.5) is 5.82 Å². The van der Waals surface area contributed by atoms with Crippen molar-refractivity contribution in [1.29, 1.82) is 0 Å². The maximum Gasteiger partial charge on any atom is 0.124 e. The first-order valence-electron chi connectivity index (χ1n) is 3.22. The fourth-order valence-corrected chi connectivity index (χ4v) is 0.841. The predicted octanol–water partition coefficient (Wildman–Crippen LogP) is 0.347. The first kappa shape index (κ1) is 14.1. The number of aryl methyl sites for hydroxylation is 1. The summed E-state index contributed by atoms with van der Waals surface area (Å²) in [5, 5.41) is 3.97. The lowest BCUT2D eigenvalue weighted by atomic mass is 10.2. The van der Waals surface area contributed by atoms with Gasteiger partial charge in [-0.1, -0.05) is 0 Å². The molecule has 1 aromatic heterocycles. The minimum absolute atomic E-state index is 0. The molecule has 0 saturated carbocycles. The minimum Gasteiger partial charge on any atom is -0.384 e. The van der Waals surface area contributed by atoms with Gasteiger partial charge in [-0.25, -0.2) is 0 Å². The first-order valence-corrected chi connectivity index (χ1v) is 3.22. The maximum absolute atomic E-state index is 5.63. The van der Waals surface area contributed by atoms with Crippen LogP contribution in [0.15, 0.2) is 6.20 Å². The maximum atomic E-state index is 5.63. The molecule has 0 radical (unpaired) electrons. The van der Waals surface area contributed by atoms with Crippen LogP contribution in [0.5, 0.6) is 0 Å². The SMILES string of the molecule is Cl.Cl.Cn1ncc(CCN)c1N. The Kier molecular flexibility index (Phi) is 7.18. The third kappa shape index (κ3) is 2.89. The Balaban J connectivity index is 0. The molecule has 0 saturated heterocycles. The molecule has 1 heterocycles. The highest BCUT2D eigenvalue weighted by Crippen LogP contribution is 2.08. The quantitative estimate of drug-likeness (QED) is 0.744. The van der Waals surface area contributed by atoms with Gasteiger partial charge < -0.3 is 11.5 Å². The summed E-state index contributed by atoms with van der Waals surface area (Å²) in [6.45, 7) is 0.621. The van der Waals surface area contributed by atoms with Crippen molar-refractivity contribution < 1.29 is 0 Å². The summed E-state index contributed by atoms with van der Waals surface area (Å²) in [6, 6.07) is 0. The van der Waals surface area contributed by atoms with Crippen LogP contribution >= 0.6 is 24.8 Å². The number of hydrogen-bond acceptors (Lipinski definition) is 3. The zero-order chi connectivity index (χ0) is 7.56. The number of nitrogen functional groups attached to an aromatic ring is 1. The summed E-state index contributed by atoms with van der Waals surface area (Å²) in [7, 11) is 1.81. The summed E-state index contributed by atoms with van der Waals surface area (Å²) in [4.78, 5) is 0. The smallest absolute Gasteiger partial charge is 0.124 e. The summed E-state index contributed by atoms with van der Waals surface area (Å²) in [5.74, 6) is 0.713. The number of nitrogens with two attached hydrogens (primary N) is 2. The van der Waals surface area contributed by atoms with Crippen molar-refractivity contribution in [1.82, 2.24) is 9.78 Å².